The van der Waals surface area contributed by atoms with Crippen LogP contribution in [-0.2, 0) is 15.8 Å². The van der Waals surface area contributed by atoms with E-state index in [2.05, 4.69) is 15.9 Å². The molecular weight excluding hydrogens is 278 g/mol. The van der Waals surface area contributed by atoms with E-state index in [0.29, 0.717) is 15.1 Å². The molecule has 3 nitrogen and oxygen atoms in total. The van der Waals surface area contributed by atoms with Gasteiger partial charge in [0.25, 0.3) is 0 Å². The first kappa shape index (κ1) is 11.0. The van der Waals surface area contributed by atoms with E-state index >= 15 is 0 Å². The van der Waals surface area contributed by atoms with Crippen LogP contribution < -0.4 is 5.14 Å². The summed E-state index contributed by atoms with van der Waals surface area (Å²) in [5.74, 6) is -0.214. The largest absolute Gasteiger partial charge is 0.228 e. The average Bonchev–Trinajstić information content (AvgIpc) is 1.94. The van der Waals surface area contributed by atoms with E-state index in [0.717, 1.165) is 0 Å². The third kappa shape index (κ3) is 3.64. The molecule has 0 saturated heterocycles. The van der Waals surface area contributed by atoms with Crippen molar-refractivity contribution in [3.63, 3.8) is 0 Å². The molecule has 1 aromatic carbocycles. The lowest BCUT2D eigenvalue weighted by Gasteiger charge is -2.02. The Morgan fingerprint density at radius 1 is 1.46 bits per heavy atom. The maximum atomic E-state index is 10.8. The Balaban J connectivity index is 3.08. The summed E-state index contributed by atoms with van der Waals surface area (Å²) in [5, 5.41) is 5.38. The molecule has 0 unspecified atom stereocenters. The summed E-state index contributed by atoms with van der Waals surface area (Å²) in [6, 6.07) is 4.91. The summed E-state index contributed by atoms with van der Waals surface area (Å²) in [6.45, 7) is 0. The molecule has 0 saturated carbocycles. The minimum Gasteiger partial charge on any atom is -0.228 e. The number of hydrogen-bond donors (Lipinski definition) is 1. The van der Waals surface area contributed by atoms with Gasteiger partial charge in [-0.05, 0) is 23.8 Å². The maximum absolute atomic E-state index is 10.8. The third-order valence-corrected chi connectivity index (χ3v) is 3.09. The monoisotopic (exact) mass is 283 g/mol. The summed E-state index contributed by atoms with van der Waals surface area (Å²) in [6.07, 6.45) is 0. The normalized spacial score (nSPS) is 11.6. The Hall–Kier alpha value is -0.100. The van der Waals surface area contributed by atoms with Crippen LogP contribution in [0, 0.1) is 0 Å². The number of sulfonamides is 1. The van der Waals surface area contributed by atoms with E-state index in [4.69, 9.17) is 16.7 Å². The van der Waals surface area contributed by atoms with Gasteiger partial charge in [-0.15, -0.1) is 0 Å². The summed E-state index contributed by atoms with van der Waals surface area (Å²) >= 11 is 8.89. The molecule has 1 aromatic rings. The number of hydrogen-bond acceptors (Lipinski definition) is 2. The van der Waals surface area contributed by atoms with Crippen LogP contribution in [0.3, 0.4) is 0 Å². The van der Waals surface area contributed by atoms with Gasteiger partial charge in [0.15, 0.2) is 0 Å². The van der Waals surface area contributed by atoms with Crippen molar-refractivity contribution in [2.45, 2.75) is 5.75 Å². The first-order valence-electron chi connectivity index (χ1n) is 3.33. The Morgan fingerprint density at radius 3 is 2.62 bits per heavy atom. The highest BCUT2D eigenvalue weighted by molar-refractivity contribution is 9.10. The van der Waals surface area contributed by atoms with Gasteiger partial charge in [-0.2, -0.15) is 0 Å². The van der Waals surface area contributed by atoms with Crippen molar-refractivity contribution >= 4 is 37.6 Å². The maximum Gasteiger partial charge on any atom is 0.213 e. The van der Waals surface area contributed by atoms with Gasteiger partial charge in [0.1, 0.15) is 0 Å². The van der Waals surface area contributed by atoms with Crippen LogP contribution in [-0.4, -0.2) is 8.42 Å². The Morgan fingerprint density at radius 2 is 2.08 bits per heavy atom. The van der Waals surface area contributed by atoms with Gasteiger partial charge in [0.2, 0.25) is 10.0 Å². The smallest absolute Gasteiger partial charge is 0.213 e. The third-order valence-electron chi connectivity index (χ3n) is 1.36. The van der Waals surface area contributed by atoms with Crippen LogP contribution in [0.4, 0.5) is 0 Å². The summed E-state index contributed by atoms with van der Waals surface area (Å²) in [7, 11) is -3.51. The van der Waals surface area contributed by atoms with Crippen molar-refractivity contribution in [3.05, 3.63) is 33.3 Å². The van der Waals surface area contributed by atoms with Crippen molar-refractivity contribution in [2.24, 2.45) is 5.14 Å². The first-order chi connectivity index (χ1) is 5.88. The van der Waals surface area contributed by atoms with Crippen LogP contribution in [0.5, 0.6) is 0 Å². The number of primary sulfonamides is 1. The highest BCUT2D eigenvalue weighted by Crippen LogP contribution is 2.22. The molecular formula is C7H7BrClNO2S. The van der Waals surface area contributed by atoms with Crippen LogP contribution in [0.2, 0.25) is 5.02 Å². The lowest BCUT2D eigenvalue weighted by atomic mass is 10.2. The average molecular weight is 285 g/mol. The van der Waals surface area contributed by atoms with E-state index in [-0.39, 0.29) is 5.75 Å². The number of benzene rings is 1. The fraction of sp³-hybridized carbons (Fsp3) is 0.143. The molecule has 0 fully saturated rings. The molecule has 6 heteroatoms. The summed E-state index contributed by atoms with van der Waals surface area (Å²) in [4.78, 5) is 0. The fourth-order valence-electron chi connectivity index (χ4n) is 0.871. The summed E-state index contributed by atoms with van der Waals surface area (Å²) in [5.41, 5.74) is 0.565. The Bertz CT molecular complexity index is 419. The molecule has 2 N–H and O–H groups in total. The number of halogens is 2. The first-order valence-corrected chi connectivity index (χ1v) is 6.21. The Labute approximate surface area is 90.1 Å². The second-order valence-electron chi connectivity index (χ2n) is 2.54. The molecule has 0 spiro atoms. The van der Waals surface area contributed by atoms with Crippen molar-refractivity contribution in [2.75, 3.05) is 0 Å². The number of rotatable bonds is 2. The SMILES string of the molecule is NS(=O)(=O)Cc1cc(Cl)ccc1Br. The zero-order valence-electron chi connectivity index (χ0n) is 6.50. The molecule has 13 heavy (non-hydrogen) atoms. The molecule has 0 atom stereocenters. The quantitative estimate of drug-likeness (QED) is 0.901. The topological polar surface area (TPSA) is 60.2 Å². The second kappa shape index (κ2) is 3.96. The van der Waals surface area contributed by atoms with Crippen LogP contribution in [0.25, 0.3) is 0 Å². The minimum atomic E-state index is -3.51. The molecule has 0 aliphatic heterocycles. The lowest BCUT2D eigenvalue weighted by Crippen LogP contribution is -2.14. The molecule has 0 heterocycles. The predicted molar refractivity (Wildman–Crippen MR) is 56.0 cm³/mol. The van der Waals surface area contributed by atoms with Gasteiger partial charge < -0.3 is 0 Å². The Kier molecular flexibility index (Phi) is 3.34. The van der Waals surface area contributed by atoms with Gasteiger partial charge in [-0.25, -0.2) is 13.6 Å². The van der Waals surface area contributed by atoms with Gasteiger partial charge in [-0.3, -0.25) is 0 Å². The summed E-state index contributed by atoms with van der Waals surface area (Å²) < 4.78 is 22.2. The predicted octanol–water partition coefficient (Wildman–Crippen LogP) is 1.89. The standard InChI is InChI=1S/C7H7BrClNO2S/c8-7-2-1-6(9)3-5(7)4-13(10,11)12/h1-3H,4H2,(H2,10,11,12). The highest BCUT2D eigenvalue weighted by Gasteiger charge is 2.08. The van der Waals surface area contributed by atoms with Crippen LogP contribution in [0.15, 0.2) is 22.7 Å². The molecule has 72 valence electrons. The van der Waals surface area contributed by atoms with Crippen molar-refractivity contribution < 1.29 is 8.42 Å². The minimum absolute atomic E-state index is 0.214. The molecule has 0 aliphatic carbocycles. The van der Waals surface area contributed by atoms with Gasteiger partial charge >= 0.3 is 0 Å². The van der Waals surface area contributed by atoms with E-state index in [1.165, 1.54) is 0 Å². The van der Waals surface area contributed by atoms with E-state index in [9.17, 15) is 8.42 Å². The second-order valence-corrected chi connectivity index (χ2v) is 5.45. The van der Waals surface area contributed by atoms with Crippen molar-refractivity contribution in [1.82, 2.24) is 0 Å². The van der Waals surface area contributed by atoms with Crippen LogP contribution >= 0.6 is 27.5 Å². The van der Waals surface area contributed by atoms with Gasteiger partial charge in [-0.1, -0.05) is 27.5 Å². The van der Waals surface area contributed by atoms with Gasteiger partial charge in [0, 0.05) is 9.50 Å². The van der Waals surface area contributed by atoms with E-state index in [1.807, 2.05) is 0 Å². The lowest BCUT2D eigenvalue weighted by molar-refractivity contribution is 0.597. The van der Waals surface area contributed by atoms with Crippen molar-refractivity contribution in [1.29, 1.82) is 0 Å². The number of nitrogens with two attached hydrogens (primary N) is 1. The molecule has 0 aromatic heterocycles. The zero-order valence-corrected chi connectivity index (χ0v) is 9.66. The zero-order chi connectivity index (χ0) is 10.1. The van der Waals surface area contributed by atoms with Gasteiger partial charge in [0.05, 0.1) is 5.75 Å². The molecule has 1 rings (SSSR count). The molecule has 0 aliphatic rings. The van der Waals surface area contributed by atoms with Crippen LogP contribution in [0.1, 0.15) is 5.56 Å². The highest BCUT2D eigenvalue weighted by atomic mass is 79.9. The molecule has 0 amide bonds. The fourth-order valence-corrected chi connectivity index (χ4v) is 2.31. The molecule has 0 radical (unpaired) electrons. The van der Waals surface area contributed by atoms with Crippen molar-refractivity contribution in [3.8, 4) is 0 Å². The molecule has 0 bridgehead atoms. The van der Waals surface area contributed by atoms with E-state index in [1.54, 1.807) is 18.2 Å². The van der Waals surface area contributed by atoms with E-state index < -0.39 is 10.0 Å².